The number of halogens is 1. The van der Waals surface area contributed by atoms with E-state index in [1.54, 1.807) is 4.52 Å². The molecule has 0 aliphatic carbocycles. The van der Waals surface area contributed by atoms with Crippen LogP contribution in [-0.2, 0) is 0 Å². The molecular weight excluding hydrogens is 268 g/mol. The summed E-state index contributed by atoms with van der Waals surface area (Å²) in [5.74, 6) is 1.17. The predicted molar refractivity (Wildman–Crippen MR) is 73.2 cm³/mol. The van der Waals surface area contributed by atoms with E-state index in [1.807, 2.05) is 24.3 Å². The quantitative estimate of drug-likeness (QED) is 0.719. The first kappa shape index (κ1) is 11.6. The Balaban J connectivity index is 2.17. The first-order chi connectivity index (χ1) is 8.66. The van der Waals surface area contributed by atoms with Gasteiger partial charge in [0.15, 0.2) is 5.82 Å². The minimum atomic E-state index is 0.293. The summed E-state index contributed by atoms with van der Waals surface area (Å²) in [7, 11) is 0. The Bertz CT molecular complexity index is 701. The van der Waals surface area contributed by atoms with Gasteiger partial charge in [-0.25, -0.2) is 0 Å². The fourth-order valence-electron chi connectivity index (χ4n) is 1.74. The first-order valence-corrected chi connectivity index (χ1v) is 6.83. The topological polar surface area (TPSA) is 43.1 Å². The number of nitrogens with zero attached hydrogens (tertiary/aromatic N) is 4. The molecule has 1 aromatic carbocycles. The lowest BCUT2D eigenvalue weighted by molar-refractivity contribution is 0.727. The SMILES string of the molecule is CC(C)c1nnc2sc(-c3ccccc3Cl)nn12. The molecule has 6 heteroatoms. The lowest BCUT2D eigenvalue weighted by Crippen LogP contribution is -1.97. The van der Waals surface area contributed by atoms with Gasteiger partial charge in [-0.05, 0) is 6.07 Å². The summed E-state index contributed by atoms with van der Waals surface area (Å²) in [6.45, 7) is 4.15. The van der Waals surface area contributed by atoms with Crippen LogP contribution in [0.15, 0.2) is 24.3 Å². The molecule has 4 nitrogen and oxygen atoms in total. The number of hydrogen-bond donors (Lipinski definition) is 0. The average Bonchev–Trinajstić information content (AvgIpc) is 2.88. The molecule has 0 fully saturated rings. The third-order valence-electron chi connectivity index (χ3n) is 2.64. The van der Waals surface area contributed by atoms with Crippen LogP contribution < -0.4 is 0 Å². The third kappa shape index (κ3) is 1.79. The highest BCUT2D eigenvalue weighted by molar-refractivity contribution is 7.19. The lowest BCUT2D eigenvalue weighted by atomic mass is 10.2. The Morgan fingerprint density at radius 3 is 2.72 bits per heavy atom. The van der Waals surface area contributed by atoms with Gasteiger partial charge in [0.25, 0.3) is 0 Å². The van der Waals surface area contributed by atoms with Gasteiger partial charge in [0, 0.05) is 11.5 Å². The second kappa shape index (κ2) is 4.33. The van der Waals surface area contributed by atoms with Crippen LogP contribution in [0, 0.1) is 0 Å². The summed E-state index contributed by atoms with van der Waals surface area (Å²) in [5, 5.41) is 14.4. The van der Waals surface area contributed by atoms with E-state index in [2.05, 4.69) is 29.1 Å². The van der Waals surface area contributed by atoms with Gasteiger partial charge in [-0.15, -0.1) is 10.2 Å². The number of rotatable bonds is 2. The molecule has 0 saturated carbocycles. The highest BCUT2D eigenvalue weighted by Gasteiger charge is 2.16. The second-order valence-electron chi connectivity index (χ2n) is 4.29. The van der Waals surface area contributed by atoms with Crippen molar-refractivity contribution in [2.75, 3.05) is 0 Å². The van der Waals surface area contributed by atoms with Gasteiger partial charge in [-0.3, -0.25) is 0 Å². The van der Waals surface area contributed by atoms with Crippen molar-refractivity contribution in [1.82, 2.24) is 19.8 Å². The van der Waals surface area contributed by atoms with Crippen LogP contribution in [-0.4, -0.2) is 19.8 Å². The van der Waals surface area contributed by atoms with Crippen LogP contribution >= 0.6 is 22.9 Å². The fourth-order valence-corrected chi connectivity index (χ4v) is 2.90. The maximum absolute atomic E-state index is 6.18. The number of benzene rings is 1. The van der Waals surface area contributed by atoms with Gasteiger partial charge in [0.1, 0.15) is 5.01 Å². The van der Waals surface area contributed by atoms with Crippen molar-refractivity contribution in [3.8, 4) is 10.6 Å². The molecule has 3 rings (SSSR count). The summed E-state index contributed by atoms with van der Waals surface area (Å²) in [4.78, 5) is 0.800. The minimum Gasteiger partial charge on any atom is -0.187 e. The standard InChI is InChI=1S/C12H11ClN4S/c1-7(2)10-14-15-12-17(10)16-11(18-12)8-5-3-4-6-9(8)13/h3-7H,1-2H3. The van der Waals surface area contributed by atoms with Crippen LogP contribution in [0.2, 0.25) is 5.02 Å². The van der Waals surface area contributed by atoms with Gasteiger partial charge in [0.2, 0.25) is 4.96 Å². The highest BCUT2D eigenvalue weighted by atomic mass is 35.5. The fraction of sp³-hybridized carbons (Fsp3) is 0.250. The Hall–Kier alpha value is -1.46. The summed E-state index contributed by atoms with van der Waals surface area (Å²) in [6.07, 6.45) is 0. The maximum Gasteiger partial charge on any atom is 0.234 e. The lowest BCUT2D eigenvalue weighted by Gasteiger charge is -1.99. The number of hydrogen-bond acceptors (Lipinski definition) is 4. The summed E-state index contributed by atoms with van der Waals surface area (Å²) in [6, 6.07) is 7.68. The molecule has 92 valence electrons. The van der Waals surface area contributed by atoms with Gasteiger partial charge in [-0.2, -0.15) is 9.61 Å². The van der Waals surface area contributed by atoms with E-state index >= 15 is 0 Å². The molecule has 0 radical (unpaired) electrons. The first-order valence-electron chi connectivity index (χ1n) is 5.64. The molecule has 0 bridgehead atoms. The molecule has 0 saturated heterocycles. The molecular formula is C12H11ClN4S. The molecule has 0 spiro atoms. The van der Waals surface area contributed by atoms with Crippen molar-refractivity contribution in [2.24, 2.45) is 0 Å². The van der Waals surface area contributed by atoms with Gasteiger partial charge in [0.05, 0.1) is 5.02 Å². The van der Waals surface area contributed by atoms with Crippen molar-refractivity contribution >= 4 is 27.9 Å². The van der Waals surface area contributed by atoms with E-state index in [-0.39, 0.29) is 0 Å². The molecule has 0 atom stereocenters. The Morgan fingerprint density at radius 2 is 2.00 bits per heavy atom. The minimum absolute atomic E-state index is 0.293. The third-order valence-corrected chi connectivity index (χ3v) is 3.90. The van der Waals surface area contributed by atoms with Crippen molar-refractivity contribution in [2.45, 2.75) is 19.8 Å². The molecule has 2 heterocycles. The molecule has 18 heavy (non-hydrogen) atoms. The number of fused-ring (bicyclic) bond motifs is 1. The summed E-state index contributed by atoms with van der Waals surface area (Å²) >= 11 is 7.67. The normalized spacial score (nSPS) is 11.6. The van der Waals surface area contributed by atoms with Crippen LogP contribution in [0.25, 0.3) is 15.5 Å². The van der Waals surface area contributed by atoms with Crippen LogP contribution in [0.3, 0.4) is 0 Å². The zero-order chi connectivity index (χ0) is 12.7. The highest BCUT2D eigenvalue weighted by Crippen LogP contribution is 2.31. The zero-order valence-corrected chi connectivity index (χ0v) is 11.5. The molecule has 0 aliphatic heterocycles. The molecule has 3 aromatic rings. The molecule has 0 aliphatic rings. The Labute approximate surface area is 113 Å². The predicted octanol–water partition coefficient (Wildman–Crippen LogP) is 3.63. The Morgan fingerprint density at radius 1 is 1.22 bits per heavy atom. The maximum atomic E-state index is 6.18. The molecule has 2 aromatic heterocycles. The van der Waals surface area contributed by atoms with E-state index in [9.17, 15) is 0 Å². The van der Waals surface area contributed by atoms with Crippen molar-refractivity contribution in [1.29, 1.82) is 0 Å². The smallest absolute Gasteiger partial charge is 0.187 e. The van der Waals surface area contributed by atoms with E-state index in [0.29, 0.717) is 10.9 Å². The van der Waals surface area contributed by atoms with E-state index < -0.39 is 0 Å². The van der Waals surface area contributed by atoms with E-state index in [4.69, 9.17) is 11.6 Å². The average molecular weight is 279 g/mol. The van der Waals surface area contributed by atoms with Gasteiger partial charge >= 0.3 is 0 Å². The van der Waals surface area contributed by atoms with Crippen molar-refractivity contribution in [3.63, 3.8) is 0 Å². The van der Waals surface area contributed by atoms with Gasteiger partial charge < -0.3 is 0 Å². The van der Waals surface area contributed by atoms with Gasteiger partial charge in [-0.1, -0.05) is 55.0 Å². The Kier molecular flexibility index (Phi) is 2.80. The monoisotopic (exact) mass is 278 g/mol. The largest absolute Gasteiger partial charge is 0.234 e. The van der Waals surface area contributed by atoms with E-state index in [0.717, 1.165) is 21.4 Å². The number of aromatic nitrogens is 4. The molecule has 0 unspecified atom stereocenters. The summed E-state index contributed by atoms with van der Waals surface area (Å²) in [5.41, 5.74) is 0.935. The van der Waals surface area contributed by atoms with Crippen LogP contribution in [0.1, 0.15) is 25.6 Å². The second-order valence-corrected chi connectivity index (χ2v) is 5.66. The zero-order valence-electron chi connectivity index (χ0n) is 9.96. The van der Waals surface area contributed by atoms with Crippen LogP contribution in [0.5, 0.6) is 0 Å². The molecule has 0 N–H and O–H groups in total. The van der Waals surface area contributed by atoms with Crippen molar-refractivity contribution in [3.05, 3.63) is 35.1 Å². The van der Waals surface area contributed by atoms with E-state index in [1.165, 1.54) is 11.3 Å². The van der Waals surface area contributed by atoms with Crippen LogP contribution in [0.4, 0.5) is 0 Å². The van der Waals surface area contributed by atoms with Crippen molar-refractivity contribution < 1.29 is 0 Å². The molecule has 0 amide bonds. The summed E-state index contributed by atoms with van der Waals surface area (Å²) < 4.78 is 1.80.